The summed E-state index contributed by atoms with van der Waals surface area (Å²) >= 11 is 0. The molecule has 1 N–H and O–H groups in total. The van der Waals surface area contributed by atoms with Crippen LogP contribution >= 0.6 is 0 Å². The molecule has 0 aromatic heterocycles. The lowest BCUT2D eigenvalue weighted by atomic mass is 9.90. The molecule has 40 heavy (non-hydrogen) atoms. The van der Waals surface area contributed by atoms with Crippen LogP contribution in [0.5, 0.6) is 5.75 Å². The molecule has 2 aliphatic heterocycles. The molecule has 2 heterocycles. The number of fused-ring (bicyclic) bond motifs is 1. The van der Waals surface area contributed by atoms with Crippen molar-refractivity contribution in [1.82, 2.24) is 9.91 Å². The van der Waals surface area contributed by atoms with Crippen molar-refractivity contribution in [2.75, 3.05) is 19.6 Å². The van der Waals surface area contributed by atoms with Gasteiger partial charge >= 0.3 is 0 Å². The van der Waals surface area contributed by atoms with Crippen molar-refractivity contribution >= 4 is 17.3 Å². The van der Waals surface area contributed by atoms with Gasteiger partial charge in [0.25, 0.3) is 0 Å². The second-order valence-corrected chi connectivity index (χ2v) is 11.2. The monoisotopic (exact) mass is 541 g/mol. The third-order valence-corrected chi connectivity index (χ3v) is 8.71. The third-order valence-electron chi connectivity index (χ3n) is 8.71. The maximum absolute atomic E-state index is 13.7. The minimum atomic E-state index is -0.322. The van der Waals surface area contributed by atoms with Gasteiger partial charge in [0.05, 0.1) is 11.4 Å². The smallest absolute Gasteiger partial charge is 0.244 e. The molecule has 3 aromatic rings. The van der Waals surface area contributed by atoms with Gasteiger partial charge in [-0.3, -0.25) is 9.80 Å². The number of nitrogens with zero attached hydrogens (tertiary/aromatic N) is 3. The number of rotatable bonds is 6. The summed E-state index contributed by atoms with van der Waals surface area (Å²) in [4.78, 5) is 15.7. The summed E-state index contributed by atoms with van der Waals surface area (Å²) in [6, 6.07) is 20.0. The van der Waals surface area contributed by atoms with Gasteiger partial charge in [-0.05, 0) is 109 Å². The van der Waals surface area contributed by atoms with Gasteiger partial charge in [-0.25, -0.2) is 8.78 Å². The van der Waals surface area contributed by atoms with E-state index in [1.165, 1.54) is 24.3 Å². The minimum absolute atomic E-state index is 0.00359. The van der Waals surface area contributed by atoms with Crippen LogP contribution in [-0.4, -0.2) is 46.3 Å². The molecule has 2 fully saturated rings. The summed E-state index contributed by atoms with van der Waals surface area (Å²) in [7, 11) is 0. The van der Waals surface area contributed by atoms with E-state index in [2.05, 4.69) is 0 Å². The fourth-order valence-electron chi connectivity index (χ4n) is 6.30. The van der Waals surface area contributed by atoms with Crippen molar-refractivity contribution in [2.45, 2.75) is 38.5 Å². The average Bonchev–Trinajstić information content (AvgIpc) is 3.70. The molecule has 0 spiro atoms. The van der Waals surface area contributed by atoms with Crippen molar-refractivity contribution in [1.29, 1.82) is 0 Å². The first-order valence-corrected chi connectivity index (χ1v) is 14.0. The molecule has 3 aromatic carbocycles. The summed E-state index contributed by atoms with van der Waals surface area (Å²) in [5.74, 6) is 0.263. The Bertz CT molecular complexity index is 1450. The van der Waals surface area contributed by atoms with Crippen molar-refractivity contribution in [3.63, 3.8) is 0 Å². The van der Waals surface area contributed by atoms with Crippen LogP contribution in [0.1, 0.15) is 48.8 Å². The molecule has 2 unspecified atom stereocenters. The predicted octanol–water partition coefficient (Wildman–Crippen LogP) is 6.38. The Morgan fingerprint density at radius 3 is 2.38 bits per heavy atom. The highest BCUT2D eigenvalue weighted by atomic mass is 19.1. The number of carbonyl (C=O) groups excluding carboxylic acids is 1. The Morgan fingerprint density at radius 2 is 1.65 bits per heavy atom. The van der Waals surface area contributed by atoms with Gasteiger partial charge in [0, 0.05) is 13.1 Å². The number of para-hydroxylation sites is 1. The van der Waals surface area contributed by atoms with Crippen molar-refractivity contribution < 1.29 is 18.7 Å². The molecule has 2 atom stereocenters. The molecule has 1 saturated carbocycles. The summed E-state index contributed by atoms with van der Waals surface area (Å²) in [5.41, 5.74) is 4.26. The van der Waals surface area contributed by atoms with E-state index in [0.717, 1.165) is 53.8 Å². The third kappa shape index (κ3) is 5.51. The second-order valence-electron chi connectivity index (χ2n) is 11.2. The first-order valence-electron chi connectivity index (χ1n) is 14.0. The number of phenolic OH excluding ortho intramolecular Hbond substituents is 1. The van der Waals surface area contributed by atoms with Crippen LogP contribution in [-0.2, 0) is 11.2 Å². The summed E-state index contributed by atoms with van der Waals surface area (Å²) in [6.07, 6.45) is 7.20. The summed E-state index contributed by atoms with van der Waals surface area (Å²) < 4.78 is 27.3. The normalized spacial score (nSPS) is 22.5. The number of allylic oxidation sites excluding steroid dienone is 1. The Kier molecular flexibility index (Phi) is 7.13. The Morgan fingerprint density at radius 1 is 0.950 bits per heavy atom. The van der Waals surface area contributed by atoms with Crippen LogP contribution in [0.25, 0.3) is 5.70 Å². The maximum Gasteiger partial charge on any atom is 0.244 e. The SMILES string of the molecule is O=C(CN1N=C(c2ccc(F)cc2)CCC=C1c1ccc(F)cc1)N1CCC2CC2(Cc2ccccc2O)CC1. The summed E-state index contributed by atoms with van der Waals surface area (Å²) in [6.45, 7) is 1.43. The standard InChI is InChI=1S/C33H33F2N3O2/c34-27-12-8-23(9-13-27)29-5-3-6-30(24-10-14-28(35)15-11-24)38(36-29)22-32(40)37-18-16-26-21-33(26,17-19-37)20-25-4-1-2-7-31(25)39/h1-2,4,6-15,26,39H,3,5,16-22H2. The number of hydrogen-bond acceptors (Lipinski definition) is 4. The van der Waals surface area contributed by atoms with E-state index in [0.29, 0.717) is 37.6 Å². The van der Waals surface area contributed by atoms with E-state index in [4.69, 9.17) is 5.10 Å². The Hall–Kier alpha value is -4.00. The molecule has 1 aliphatic carbocycles. The van der Waals surface area contributed by atoms with Crippen LogP contribution in [0, 0.1) is 23.0 Å². The lowest BCUT2D eigenvalue weighted by molar-refractivity contribution is -0.131. The molecule has 1 saturated heterocycles. The number of aromatic hydroxyl groups is 1. The van der Waals surface area contributed by atoms with E-state index in [9.17, 15) is 18.7 Å². The number of likely N-dealkylation sites (tertiary alicyclic amines) is 1. The molecule has 1 amide bonds. The van der Waals surface area contributed by atoms with E-state index >= 15 is 0 Å². The summed E-state index contributed by atoms with van der Waals surface area (Å²) in [5, 5.41) is 16.9. The Labute approximate surface area is 233 Å². The molecule has 7 heteroatoms. The zero-order valence-corrected chi connectivity index (χ0v) is 22.4. The van der Waals surface area contributed by atoms with Gasteiger partial charge in [0.1, 0.15) is 23.9 Å². The van der Waals surface area contributed by atoms with Gasteiger partial charge in [-0.2, -0.15) is 5.10 Å². The molecule has 0 radical (unpaired) electrons. The van der Waals surface area contributed by atoms with Crippen molar-refractivity contribution in [3.05, 3.63) is 107 Å². The van der Waals surface area contributed by atoms with Gasteiger partial charge in [0.15, 0.2) is 0 Å². The largest absolute Gasteiger partial charge is 0.508 e. The molecular weight excluding hydrogens is 508 g/mol. The van der Waals surface area contributed by atoms with Gasteiger partial charge in [-0.15, -0.1) is 0 Å². The second kappa shape index (κ2) is 10.9. The number of amides is 1. The van der Waals surface area contributed by atoms with E-state index in [1.807, 2.05) is 29.2 Å². The van der Waals surface area contributed by atoms with Gasteiger partial charge < -0.3 is 10.0 Å². The van der Waals surface area contributed by atoms with Crippen LogP contribution in [0.2, 0.25) is 0 Å². The quantitative estimate of drug-likeness (QED) is 0.394. The highest BCUT2D eigenvalue weighted by molar-refractivity contribution is 6.01. The zero-order valence-electron chi connectivity index (χ0n) is 22.4. The van der Waals surface area contributed by atoms with Crippen molar-refractivity contribution in [2.24, 2.45) is 16.4 Å². The fourth-order valence-corrected chi connectivity index (χ4v) is 6.30. The molecule has 6 rings (SSSR count). The van der Waals surface area contributed by atoms with E-state index in [1.54, 1.807) is 35.3 Å². The highest BCUT2D eigenvalue weighted by Crippen LogP contribution is 2.60. The number of halogens is 2. The Balaban J connectivity index is 1.21. The number of benzene rings is 3. The number of carbonyl (C=O) groups is 1. The molecular formula is C33H33F2N3O2. The lowest BCUT2D eigenvalue weighted by Crippen LogP contribution is -2.39. The first kappa shape index (κ1) is 26.2. The van der Waals surface area contributed by atoms with Crippen LogP contribution in [0.3, 0.4) is 0 Å². The van der Waals surface area contributed by atoms with E-state index in [-0.39, 0.29) is 29.5 Å². The molecule has 0 bridgehead atoms. The fraction of sp³-hybridized carbons (Fsp3) is 0.333. The maximum atomic E-state index is 13.7. The van der Waals surface area contributed by atoms with Gasteiger partial charge in [-0.1, -0.05) is 36.4 Å². The van der Waals surface area contributed by atoms with E-state index < -0.39 is 0 Å². The number of hydrogen-bond donors (Lipinski definition) is 1. The van der Waals surface area contributed by atoms with Crippen LogP contribution in [0.15, 0.2) is 84.0 Å². The number of hydrazone groups is 1. The van der Waals surface area contributed by atoms with Crippen LogP contribution < -0.4 is 0 Å². The molecule has 3 aliphatic rings. The zero-order chi connectivity index (χ0) is 27.7. The number of phenols is 1. The first-order chi connectivity index (χ1) is 19.4. The van der Waals surface area contributed by atoms with Gasteiger partial charge in [0.2, 0.25) is 5.91 Å². The van der Waals surface area contributed by atoms with Crippen LogP contribution in [0.4, 0.5) is 8.78 Å². The highest BCUT2D eigenvalue weighted by Gasteiger charge is 2.54. The molecule has 5 nitrogen and oxygen atoms in total. The minimum Gasteiger partial charge on any atom is -0.508 e. The average molecular weight is 542 g/mol. The topological polar surface area (TPSA) is 56.1 Å². The lowest BCUT2D eigenvalue weighted by Gasteiger charge is -2.27. The van der Waals surface area contributed by atoms with Crippen molar-refractivity contribution in [3.8, 4) is 5.75 Å². The molecule has 206 valence electrons. The predicted molar refractivity (Wildman–Crippen MR) is 151 cm³/mol.